The molecule has 1 aliphatic rings. The van der Waals surface area contributed by atoms with Crippen LogP contribution in [0.4, 0.5) is 0 Å². The van der Waals surface area contributed by atoms with Gasteiger partial charge in [0.25, 0.3) is 0 Å². The van der Waals surface area contributed by atoms with Gasteiger partial charge in [-0.05, 0) is 48.2 Å². The summed E-state index contributed by atoms with van der Waals surface area (Å²) in [5.41, 5.74) is 2.18. The van der Waals surface area contributed by atoms with Gasteiger partial charge in [0.1, 0.15) is 29.6 Å². The molecular weight excluding hydrogens is 426 g/mol. The molecule has 2 aromatic carbocycles. The zero-order valence-electron chi connectivity index (χ0n) is 17.9. The van der Waals surface area contributed by atoms with Crippen molar-refractivity contribution in [2.24, 2.45) is 0 Å². The Hall–Kier alpha value is -3.29. The number of hydrogen-bond acceptors (Lipinski definition) is 7. The van der Waals surface area contributed by atoms with E-state index >= 15 is 0 Å². The number of thiophene rings is 1. The Morgan fingerprint density at radius 2 is 1.97 bits per heavy atom. The highest BCUT2D eigenvalue weighted by Gasteiger charge is 2.23. The number of rotatable bonds is 6. The van der Waals surface area contributed by atoms with Crippen LogP contribution in [-0.4, -0.2) is 32.4 Å². The van der Waals surface area contributed by atoms with Gasteiger partial charge in [-0.15, -0.1) is 11.3 Å². The van der Waals surface area contributed by atoms with Crippen LogP contribution in [0.3, 0.4) is 0 Å². The number of methoxy groups -OCH3 is 2. The predicted octanol–water partition coefficient (Wildman–Crippen LogP) is 4.93. The molecule has 0 atom stereocenters. The Balaban J connectivity index is 1.50. The number of nitrogens with zero attached hydrogens (tertiary/aromatic N) is 1. The number of ether oxygens (including phenoxy) is 3. The summed E-state index contributed by atoms with van der Waals surface area (Å²) in [6.07, 6.45) is 0.965. The summed E-state index contributed by atoms with van der Waals surface area (Å²) < 4.78 is 22.6. The molecule has 3 heterocycles. The lowest BCUT2D eigenvalue weighted by Crippen LogP contribution is -2.33. The van der Waals surface area contributed by atoms with Crippen LogP contribution in [0.2, 0.25) is 0 Å². The lowest BCUT2D eigenvalue weighted by molar-refractivity contribution is 0.0970. The van der Waals surface area contributed by atoms with Crippen LogP contribution in [0.25, 0.3) is 22.1 Å². The molecule has 1 aliphatic heterocycles. The van der Waals surface area contributed by atoms with Crippen molar-refractivity contribution < 1.29 is 18.6 Å². The van der Waals surface area contributed by atoms with E-state index in [1.165, 1.54) is 4.88 Å². The van der Waals surface area contributed by atoms with Crippen LogP contribution in [0.15, 0.2) is 63.1 Å². The standard InChI is InChI=1S/C25H23NO5S/c1-28-17-6-7-19(23(13-17)29-2)20-12-16-5-8-22-21(24(16)31-25(20)27)14-26(15-30-22)10-9-18-4-3-11-32-18/h3-8,11-13H,9-10,14-15H2,1-2H3. The maximum atomic E-state index is 13.0. The molecule has 0 N–H and O–H groups in total. The average Bonchev–Trinajstić information content (AvgIpc) is 3.35. The van der Waals surface area contributed by atoms with Gasteiger partial charge in [0.05, 0.1) is 25.3 Å². The van der Waals surface area contributed by atoms with E-state index in [0.717, 1.165) is 29.7 Å². The molecule has 5 rings (SSSR count). The zero-order valence-corrected chi connectivity index (χ0v) is 18.7. The quantitative estimate of drug-likeness (QED) is 0.389. The third kappa shape index (κ3) is 3.85. The molecule has 7 heteroatoms. The van der Waals surface area contributed by atoms with Crippen LogP contribution in [0.1, 0.15) is 10.4 Å². The minimum absolute atomic E-state index is 0.412. The number of hydrogen-bond donors (Lipinski definition) is 0. The first-order valence-corrected chi connectivity index (χ1v) is 11.2. The smallest absolute Gasteiger partial charge is 0.344 e. The Morgan fingerprint density at radius 1 is 1.06 bits per heavy atom. The highest BCUT2D eigenvalue weighted by atomic mass is 32.1. The second-order valence-electron chi connectivity index (χ2n) is 7.63. The van der Waals surface area contributed by atoms with Crippen molar-refractivity contribution in [3.05, 3.63) is 74.8 Å². The van der Waals surface area contributed by atoms with Crippen molar-refractivity contribution in [2.45, 2.75) is 13.0 Å². The molecule has 0 saturated heterocycles. The molecule has 0 bridgehead atoms. The molecule has 0 radical (unpaired) electrons. The van der Waals surface area contributed by atoms with Crippen LogP contribution in [0, 0.1) is 0 Å². The largest absolute Gasteiger partial charge is 0.497 e. The summed E-state index contributed by atoms with van der Waals surface area (Å²) in [5, 5.41) is 2.94. The first-order chi connectivity index (χ1) is 15.7. The highest BCUT2D eigenvalue weighted by Crippen LogP contribution is 2.36. The fourth-order valence-electron chi connectivity index (χ4n) is 4.01. The Labute approximate surface area is 189 Å². The fourth-order valence-corrected chi connectivity index (χ4v) is 4.71. The topological polar surface area (TPSA) is 61.1 Å². The third-order valence-corrected chi connectivity index (χ3v) is 6.64. The van der Waals surface area contributed by atoms with Gasteiger partial charge in [-0.3, -0.25) is 4.90 Å². The highest BCUT2D eigenvalue weighted by molar-refractivity contribution is 7.09. The maximum absolute atomic E-state index is 13.0. The summed E-state index contributed by atoms with van der Waals surface area (Å²) in [6.45, 7) is 2.07. The van der Waals surface area contributed by atoms with E-state index in [1.807, 2.05) is 24.3 Å². The summed E-state index contributed by atoms with van der Waals surface area (Å²) in [5.74, 6) is 1.98. The Bertz CT molecular complexity index is 1310. The molecule has 6 nitrogen and oxygen atoms in total. The normalized spacial score (nSPS) is 13.6. The molecule has 0 spiro atoms. The SMILES string of the molecule is COc1ccc(-c2cc3ccc4c(c3oc2=O)CN(CCc2cccs2)CO4)c(OC)c1. The van der Waals surface area contributed by atoms with E-state index in [0.29, 0.717) is 41.5 Å². The van der Waals surface area contributed by atoms with E-state index in [9.17, 15) is 4.79 Å². The van der Waals surface area contributed by atoms with Crippen molar-refractivity contribution in [2.75, 3.05) is 27.5 Å². The van der Waals surface area contributed by atoms with E-state index in [4.69, 9.17) is 18.6 Å². The first-order valence-electron chi connectivity index (χ1n) is 10.4. The fraction of sp³-hybridized carbons (Fsp3) is 0.240. The minimum atomic E-state index is -0.412. The predicted molar refractivity (Wildman–Crippen MR) is 125 cm³/mol. The van der Waals surface area contributed by atoms with Gasteiger partial charge in [0, 0.05) is 35.0 Å². The molecule has 0 fully saturated rings. The Morgan fingerprint density at radius 3 is 2.75 bits per heavy atom. The first kappa shape index (κ1) is 20.6. The van der Waals surface area contributed by atoms with E-state index in [1.54, 1.807) is 37.7 Å². The minimum Gasteiger partial charge on any atom is -0.497 e. The van der Waals surface area contributed by atoms with E-state index < -0.39 is 5.63 Å². The monoisotopic (exact) mass is 449 g/mol. The second-order valence-corrected chi connectivity index (χ2v) is 8.66. The third-order valence-electron chi connectivity index (χ3n) is 5.70. The summed E-state index contributed by atoms with van der Waals surface area (Å²) >= 11 is 1.76. The molecule has 32 heavy (non-hydrogen) atoms. The van der Waals surface area contributed by atoms with E-state index in [2.05, 4.69) is 22.4 Å². The van der Waals surface area contributed by atoms with Gasteiger partial charge in [-0.1, -0.05) is 6.07 Å². The molecule has 0 aliphatic carbocycles. The van der Waals surface area contributed by atoms with Crippen LogP contribution >= 0.6 is 11.3 Å². The van der Waals surface area contributed by atoms with Crippen molar-refractivity contribution in [3.8, 4) is 28.4 Å². The molecule has 0 saturated carbocycles. The van der Waals surface area contributed by atoms with Gasteiger partial charge in [-0.2, -0.15) is 0 Å². The van der Waals surface area contributed by atoms with Gasteiger partial charge in [-0.25, -0.2) is 4.79 Å². The second kappa shape index (κ2) is 8.68. The summed E-state index contributed by atoms with van der Waals surface area (Å²) in [6, 6.07) is 15.3. The number of fused-ring (bicyclic) bond motifs is 3. The summed E-state index contributed by atoms with van der Waals surface area (Å²) in [7, 11) is 3.16. The average molecular weight is 450 g/mol. The van der Waals surface area contributed by atoms with Crippen LogP contribution in [0.5, 0.6) is 17.2 Å². The molecule has 0 amide bonds. The summed E-state index contributed by atoms with van der Waals surface area (Å²) in [4.78, 5) is 16.6. The van der Waals surface area contributed by atoms with Gasteiger partial charge in [0.2, 0.25) is 0 Å². The molecule has 164 valence electrons. The van der Waals surface area contributed by atoms with Crippen LogP contribution in [-0.2, 0) is 13.0 Å². The maximum Gasteiger partial charge on any atom is 0.344 e. The van der Waals surface area contributed by atoms with Crippen molar-refractivity contribution in [1.82, 2.24) is 4.90 Å². The lowest BCUT2D eigenvalue weighted by atomic mass is 10.0. The number of benzene rings is 2. The molecule has 2 aromatic heterocycles. The molecular formula is C25H23NO5S. The Kier molecular flexibility index (Phi) is 5.59. The molecule has 0 unspecified atom stereocenters. The van der Waals surface area contributed by atoms with E-state index in [-0.39, 0.29) is 0 Å². The van der Waals surface area contributed by atoms with Gasteiger partial charge < -0.3 is 18.6 Å². The van der Waals surface area contributed by atoms with Crippen molar-refractivity contribution in [1.29, 1.82) is 0 Å². The molecule has 4 aromatic rings. The van der Waals surface area contributed by atoms with Gasteiger partial charge in [0.15, 0.2) is 0 Å². The van der Waals surface area contributed by atoms with Crippen molar-refractivity contribution in [3.63, 3.8) is 0 Å². The van der Waals surface area contributed by atoms with Gasteiger partial charge >= 0.3 is 5.63 Å². The van der Waals surface area contributed by atoms with Crippen molar-refractivity contribution >= 4 is 22.3 Å². The lowest BCUT2D eigenvalue weighted by Gasteiger charge is -2.29. The zero-order chi connectivity index (χ0) is 22.1. The van der Waals surface area contributed by atoms with Crippen LogP contribution < -0.4 is 19.8 Å².